The van der Waals surface area contributed by atoms with Gasteiger partial charge in [0.1, 0.15) is 0 Å². The van der Waals surface area contributed by atoms with E-state index in [0.29, 0.717) is 0 Å². The molecule has 1 aromatic rings. The van der Waals surface area contributed by atoms with E-state index >= 15 is 0 Å². The lowest BCUT2D eigenvalue weighted by Gasteiger charge is -2.10. The van der Waals surface area contributed by atoms with Gasteiger partial charge in [-0.05, 0) is 0 Å². The third-order valence-electron chi connectivity index (χ3n) is 1.53. The molecular formula is C6H11N5O4S. The van der Waals surface area contributed by atoms with E-state index in [4.69, 9.17) is 5.11 Å². The van der Waals surface area contributed by atoms with Crippen LogP contribution in [0.25, 0.3) is 0 Å². The lowest BCUT2D eigenvalue weighted by Crippen LogP contribution is -2.29. The molecule has 0 aliphatic rings. The summed E-state index contributed by atoms with van der Waals surface area (Å²) in [4.78, 5) is 11.2. The quantitative estimate of drug-likeness (QED) is 0.661. The zero-order valence-corrected chi connectivity index (χ0v) is 9.47. The number of hydrogen-bond acceptors (Lipinski definition) is 5. The van der Waals surface area contributed by atoms with E-state index < -0.39 is 22.7 Å². The molecule has 1 aromatic heterocycles. The number of carbonyl (C=O) groups is 1. The number of carboxylic acid groups (broad SMARTS) is 1. The highest BCUT2D eigenvalue weighted by Crippen LogP contribution is 2.04. The van der Waals surface area contributed by atoms with Crippen molar-refractivity contribution in [2.75, 3.05) is 18.8 Å². The summed E-state index contributed by atoms with van der Waals surface area (Å²) in [6.45, 7) is -0.427. The number of anilines is 1. The van der Waals surface area contributed by atoms with Crippen LogP contribution < -0.4 is 4.72 Å². The maximum absolute atomic E-state index is 11.4. The molecular weight excluding hydrogens is 238 g/mol. The Labute approximate surface area is 91.8 Å². The van der Waals surface area contributed by atoms with Crippen LogP contribution in [-0.4, -0.2) is 52.9 Å². The molecule has 16 heavy (non-hydrogen) atoms. The molecule has 10 heteroatoms. The number of aliphatic carboxylic acids is 1. The van der Waals surface area contributed by atoms with Gasteiger partial charge in [0.05, 0.1) is 6.20 Å². The van der Waals surface area contributed by atoms with E-state index in [2.05, 4.69) is 14.9 Å². The molecule has 2 N–H and O–H groups in total. The molecule has 0 aromatic carbocycles. The molecule has 0 aliphatic carbocycles. The standard InChI is InChI=1S/C6H11N5O4S/c1-10(2)16(14,15)9-5-3-7-11(8-5)4-6(12)13/h3H,4H2,1-2H3,(H,8,9)(H,12,13). The van der Waals surface area contributed by atoms with Crippen molar-refractivity contribution in [3.05, 3.63) is 6.20 Å². The van der Waals surface area contributed by atoms with Crippen molar-refractivity contribution in [2.45, 2.75) is 6.54 Å². The number of nitrogens with zero attached hydrogens (tertiary/aromatic N) is 4. The Kier molecular flexibility index (Phi) is 3.44. The van der Waals surface area contributed by atoms with Crippen LogP contribution >= 0.6 is 0 Å². The highest BCUT2D eigenvalue weighted by molar-refractivity contribution is 7.90. The highest BCUT2D eigenvalue weighted by atomic mass is 32.2. The largest absolute Gasteiger partial charge is 0.480 e. The Balaban J connectivity index is 2.77. The molecule has 1 rings (SSSR count). The van der Waals surface area contributed by atoms with Crippen molar-refractivity contribution in [3.63, 3.8) is 0 Å². The highest BCUT2D eigenvalue weighted by Gasteiger charge is 2.15. The van der Waals surface area contributed by atoms with Crippen LogP contribution in [0.5, 0.6) is 0 Å². The first kappa shape index (κ1) is 12.4. The van der Waals surface area contributed by atoms with Crippen LogP contribution in [0.15, 0.2) is 6.20 Å². The molecule has 0 saturated carbocycles. The average molecular weight is 249 g/mol. The fourth-order valence-electron chi connectivity index (χ4n) is 0.765. The molecule has 0 aliphatic heterocycles. The second-order valence-electron chi connectivity index (χ2n) is 3.04. The van der Waals surface area contributed by atoms with E-state index in [9.17, 15) is 13.2 Å². The van der Waals surface area contributed by atoms with Gasteiger partial charge in [0.15, 0.2) is 12.4 Å². The smallest absolute Gasteiger partial charge is 0.327 e. The third kappa shape index (κ3) is 3.17. The van der Waals surface area contributed by atoms with Crippen LogP contribution in [0.2, 0.25) is 0 Å². The SMILES string of the molecule is CN(C)S(=O)(=O)Nc1cnn(CC(=O)O)n1. The van der Waals surface area contributed by atoms with Crippen molar-refractivity contribution >= 4 is 22.0 Å². The minimum atomic E-state index is -3.65. The van der Waals surface area contributed by atoms with Gasteiger partial charge < -0.3 is 5.11 Å². The van der Waals surface area contributed by atoms with E-state index in [1.807, 2.05) is 0 Å². The molecule has 0 bridgehead atoms. The summed E-state index contributed by atoms with van der Waals surface area (Å²) < 4.78 is 25.8. The average Bonchev–Trinajstić information content (AvgIpc) is 2.50. The van der Waals surface area contributed by atoms with Crippen molar-refractivity contribution < 1.29 is 18.3 Å². The van der Waals surface area contributed by atoms with Crippen LogP contribution in [0.3, 0.4) is 0 Å². The topological polar surface area (TPSA) is 117 Å². The summed E-state index contributed by atoms with van der Waals surface area (Å²) in [6.07, 6.45) is 1.13. The Bertz CT molecular complexity index is 479. The van der Waals surface area contributed by atoms with Crippen molar-refractivity contribution in [3.8, 4) is 0 Å². The Morgan fingerprint density at radius 1 is 1.62 bits per heavy atom. The molecule has 0 radical (unpaired) electrons. The first-order chi connectivity index (χ1) is 7.31. The normalized spacial score (nSPS) is 11.7. The zero-order valence-electron chi connectivity index (χ0n) is 8.65. The number of nitrogens with one attached hydrogen (secondary N) is 1. The number of rotatable bonds is 5. The van der Waals surface area contributed by atoms with E-state index in [1.54, 1.807) is 0 Å². The van der Waals surface area contributed by atoms with E-state index in [1.165, 1.54) is 14.1 Å². The van der Waals surface area contributed by atoms with E-state index in [0.717, 1.165) is 15.3 Å². The fourth-order valence-corrected chi connectivity index (χ4v) is 1.31. The number of carboxylic acids is 1. The number of aromatic nitrogens is 3. The Morgan fingerprint density at radius 2 is 2.25 bits per heavy atom. The summed E-state index contributed by atoms with van der Waals surface area (Å²) in [5, 5.41) is 15.7. The summed E-state index contributed by atoms with van der Waals surface area (Å²) >= 11 is 0. The molecule has 90 valence electrons. The van der Waals surface area contributed by atoms with Gasteiger partial charge in [0.25, 0.3) is 0 Å². The van der Waals surface area contributed by atoms with Gasteiger partial charge in [-0.2, -0.15) is 22.6 Å². The first-order valence-corrected chi connectivity index (χ1v) is 5.57. The maximum atomic E-state index is 11.4. The summed E-state index contributed by atoms with van der Waals surface area (Å²) in [5.41, 5.74) is 0. The van der Waals surface area contributed by atoms with Gasteiger partial charge >= 0.3 is 16.2 Å². The summed E-state index contributed by atoms with van der Waals surface area (Å²) in [7, 11) is -0.944. The van der Waals surface area contributed by atoms with Gasteiger partial charge in [-0.15, -0.1) is 5.10 Å². The van der Waals surface area contributed by atoms with Crippen molar-refractivity contribution in [2.24, 2.45) is 0 Å². The predicted molar refractivity (Wildman–Crippen MR) is 53.9 cm³/mol. The molecule has 9 nitrogen and oxygen atoms in total. The monoisotopic (exact) mass is 249 g/mol. The van der Waals surface area contributed by atoms with Crippen LogP contribution in [0.1, 0.15) is 0 Å². The van der Waals surface area contributed by atoms with Gasteiger partial charge in [0.2, 0.25) is 0 Å². The second-order valence-corrected chi connectivity index (χ2v) is 4.93. The minimum Gasteiger partial charge on any atom is -0.480 e. The molecule has 0 spiro atoms. The van der Waals surface area contributed by atoms with Crippen LogP contribution in [0.4, 0.5) is 5.82 Å². The van der Waals surface area contributed by atoms with Crippen molar-refractivity contribution in [1.29, 1.82) is 0 Å². The van der Waals surface area contributed by atoms with E-state index in [-0.39, 0.29) is 5.82 Å². The Hall–Kier alpha value is -1.68. The number of hydrogen-bond donors (Lipinski definition) is 2. The summed E-state index contributed by atoms with van der Waals surface area (Å²) in [5.74, 6) is -1.15. The third-order valence-corrected chi connectivity index (χ3v) is 2.96. The molecule has 0 fully saturated rings. The van der Waals surface area contributed by atoms with Gasteiger partial charge in [-0.3, -0.25) is 9.52 Å². The van der Waals surface area contributed by atoms with Crippen LogP contribution in [0, 0.1) is 0 Å². The van der Waals surface area contributed by atoms with Gasteiger partial charge in [-0.25, -0.2) is 0 Å². The zero-order chi connectivity index (χ0) is 12.3. The van der Waals surface area contributed by atoms with Gasteiger partial charge in [0, 0.05) is 14.1 Å². The molecule has 0 amide bonds. The summed E-state index contributed by atoms with van der Waals surface area (Å²) in [6, 6.07) is 0. The van der Waals surface area contributed by atoms with Crippen molar-refractivity contribution in [1.82, 2.24) is 19.3 Å². The molecule has 0 saturated heterocycles. The molecule has 0 atom stereocenters. The first-order valence-electron chi connectivity index (χ1n) is 4.13. The lowest BCUT2D eigenvalue weighted by molar-refractivity contribution is -0.138. The minimum absolute atomic E-state index is 0.0325. The lowest BCUT2D eigenvalue weighted by atomic mass is 10.7. The van der Waals surface area contributed by atoms with Gasteiger partial charge in [-0.1, -0.05) is 0 Å². The fraction of sp³-hybridized carbons (Fsp3) is 0.500. The molecule has 1 heterocycles. The maximum Gasteiger partial charge on any atom is 0.327 e. The Morgan fingerprint density at radius 3 is 2.75 bits per heavy atom. The van der Waals surface area contributed by atoms with Crippen LogP contribution in [-0.2, 0) is 21.5 Å². The molecule has 0 unspecified atom stereocenters. The predicted octanol–water partition coefficient (Wildman–Crippen LogP) is -1.42. The second kappa shape index (κ2) is 4.45.